The SMILES string of the molecule is C=C[C@@H]1C[C@]1(NC(=O)[C@@H]1C[C@@H]2CN1C(=O)[C@H](C1CCCCC1)N(C)C(C)CCCCCCc1cccc3c1CN(C3)C(=O)O2)C(=O)NS(=O)(=O)C1CC1.C=C[C@@H]1C[C@]1(NC(=O)[C@@H]1C[C@@H]2CN1C(=O)[C@H](C1CCCCC1)NC(C)CCCCCCc1cccc3c1CN(C3)C(=O)O2)C(=O)NS(=O)(=O)C1CC1. The molecule has 574 valence electrons. The van der Waals surface area contributed by atoms with Gasteiger partial charge in [0.1, 0.15) is 35.4 Å². The first-order valence-electron chi connectivity index (χ1n) is 39.6. The Morgan fingerprint density at radius 2 is 0.933 bits per heavy atom. The highest BCUT2D eigenvalue weighted by molar-refractivity contribution is 7.91. The quantitative estimate of drug-likeness (QED) is 0.110. The Morgan fingerprint density at radius 3 is 1.38 bits per heavy atom. The van der Waals surface area contributed by atoms with E-state index in [2.05, 4.69) is 93.7 Å². The molecule has 0 radical (unpaired) electrons. The van der Waals surface area contributed by atoms with Gasteiger partial charge in [0.2, 0.25) is 43.7 Å². The van der Waals surface area contributed by atoms with Crippen molar-refractivity contribution in [2.75, 3.05) is 20.1 Å². The van der Waals surface area contributed by atoms with Gasteiger partial charge in [-0.1, -0.05) is 126 Å². The van der Waals surface area contributed by atoms with Crippen LogP contribution in [0.15, 0.2) is 61.7 Å². The molecule has 0 aromatic heterocycles. The minimum absolute atomic E-state index is 0.0497. The molecule has 2 aromatic rings. The Hall–Kier alpha value is -6.90. The molecular formula is C79H112N10O14S2. The molecule has 14 rings (SSSR count). The highest BCUT2D eigenvalue weighted by Gasteiger charge is 2.64. The van der Waals surface area contributed by atoms with Gasteiger partial charge in [0.15, 0.2) is 0 Å². The van der Waals surface area contributed by atoms with Crippen LogP contribution < -0.4 is 25.4 Å². The summed E-state index contributed by atoms with van der Waals surface area (Å²) in [7, 11) is -5.68. The number of hydrogen-bond acceptors (Lipinski definition) is 16. The van der Waals surface area contributed by atoms with E-state index in [4.69, 9.17) is 9.47 Å². The third-order valence-corrected chi connectivity index (χ3v) is 29.0. The summed E-state index contributed by atoms with van der Waals surface area (Å²) in [5.41, 5.74) is 4.18. The number of nitrogens with zero attached hydrogens (tertiary/aromatic N) is 5. The summed E-state index contributed by atoms with van der Waals surface area (Å²) in [6.45, 7) is 13.9. The Morgan fingerprint density at radius 1 is 0.524 bits per heavy atom. The topological polar surface area (TPSA) is 300 Å². The van der Waals surface area contributed by atoms with E-state index in [9.17, 15) is 50.4 Å². The average molecular weight is 1490 g/mol. The van der Waals surface area contributed by atoms with Gasteiger partial charge in [0.05, 0.1) is 35.7 Å². The Labute approximate surface area is 620 Å². The zero-order valence-electron chi connectivity index (χ0n) is 61.8. The van der Waals surface area contributed by atoms with Crippen LogP contribution >= 0.6 is 0 Å². The van der Waals surface area contributed by atoms with E-state index in [1.54, 1.807) is 31.8 Å². The molecule has 6 aliphatic heterocycles. The normalized spacial score (nSPS) is 31.9. The van der Waals surface area contributed by atoms with Crippen LogP contribution in [0.4, 0.5) is 9.59 Å². The summed E-state index contributed by atoms with van der Waals surface area (Å²) in [4.78, 5) is 122. The molecule has 6 saturated carbocycles. The fourth-order valence-corrected chi connectivity index (χ4v) is 21.1. The first-order chi connectivity index (χ1) is 50.4. The molecule has 26 heteroatoms. The van der Waals surface area contributed by atoms with Gasteiger partial charge in [-0.05, 0) is 169 Å². The van der Waals surface area contributed by atoms with Gasteiger partial charge in [-0.2, -0.15) is 0 Å². The number of benzene rings is 2. The van der Waals surface area contributed by atoms with E-state index in [-0.39, 0.29) is 74.5 Å². The molecule has 105 heavy (non-hydrogen) atoms. The number of carbonyl (C=O) groups excluding carboxylic acids is 8. The van der Waals surface area contributed by atoms with Crippen molar-refractivity contribution in [2.24, 2.45) is 23.7 Å². The summed E-state index contributed by atoms with van der Waals surface area (Å²) in [6, 6.07) is 9.79. The van der Waals surface area contributed by atoms with Gasteiger partial charge in [-0.15, -0.1) is 13.2 Å². The number of fused-ring (bicyclic) bond motifs is 6. The zero-order chi connectivity index (χ0) is 74.1. The zero-order valence-corrected chi connectivity index (χ0v) is 63.5. The number of nitrogens with one attached hydrogen (secondary N) is 5. The molecule has 8 fully saturated rings. The molecule has 6 heterocycles. The summed E-state index contributed by atoms with van der Waals surface area (Å²) in [6.07, 6.45) is 25.8. The number of hydrogen-bond donors (Lipinski definition) is 5. The lowest BCUT2D eigenvalue weighted by Crippen LogP contribution is -2.59. The minimum atomic E-state index is -3.86. The van der Waals surface area contributed by atoms with Crippen LogP contribution in [0.2, 0.25) is 0 Å². The molecule has 0 spiro atoms. The second-order valence-corrected chi connectivity index (χ2v) is 36.8. The first-order valence-corrected chi connectivity index (χ1v) is 42.7. The van der Waals surface area contributed by atoms with Crippen LogP contribution in [0.5, 0.6) is 0 Å². The van der Waals surface area contributed by atoms with Gasteiger partial charge in [-0.25, -0.2) is 26.4 Å². The largest absolute Gasteiger partial charge is 0.444 e. The Bertz CT molecular complexity index is 3870. The number of carbonyl (C=O) groups is 8. The molecule has 12 aliphatic rings. The van der Waals surface area contributed by atoms with Crippen molar-refractivity contribution in [2.45, 2.75) is 303 Å². The molecule has 24 nitrogen and oxygen atoms in total. The Balaban J connectivity index is 0.000000186. The first kappa shape index (κ1) is 76.3. The summed E-state index contributed by atoms with van der Waals surface area (Å²) in [5, 5.41) is 8.24. The van der Waals surface area contributed by atoms with Crippen molar-refractivity contribution in [1.82, 2.24) is 49.9 Å². The van der Waals surface area contributed by atoms with Crippen LogP contribution in [-0.4, -0.2) is 179 Å². The van der Waals surface area contributed by atoms with Crippen molar-refractivity contribution >= 4 is 67.7 Å². The second kappa shape index (κ2) is 32.1. The maximum atomic E-state index is 15.0. The van der Waals surface area contributed by atoms with Gasteiger partial charge in [-0.3, -0.25) is 52.9 Å². The van der Waals surface area contributed by atoms with Crippen molar-refractivity contribution in [3.8, 4) is 0 Å². The van der Waals surface area contributed by atoms with E-state index >= 15 is 4.79 Å². The van der Waals surface area contributed by atoms with Crippen LogP contribution in [-0.2, 0) is 97.3 Å². The van der Waals surface area contributed by atoms with Gasteiger partial charge in [0.25, 0.3) is 11.8 Å². The third-order valence-electron chi connectivity index (χ3n) is 25.4. The summed E-state index contributed by atoms with van der Waals surface area (Å²) < 4.78 is 67.6. The molecule has 2 saturated heterocycles. The highest BCUT2D eigenvalue weighted by Crippen LogP contribution is 2.48. The predicted octanol–water partition coefficient (Wildman–Crippen LogP) is 8.76. The van der Waals surface area contributed by atoms with Crippen LogP contribution in [0.3, 0.4) is 0 Å². The number of ether oxygens (including phenoxy) is 2. The number of likely N-dealkylation sites (N-methyl/N-ethyl adjacent to an activating group) is 1. The van der Waals surface area contributed by atoms with Crippen LogP contribution in [0.1, 0.15) is 227 Å². The summed E-state index contributed by atoms with van der Waals surface area (Å²) >= 11 is 0. The molecular weight excluding hydrogens is 1380 g/mol. The van der Waals surface area contributed by atoms with E-state index in [1.165, 1.54) is 22.3 Å². The Kier molecular flexibility index (Phi) is 23.3. The lowest BCUT2D eigenvalue weighted by Gasteiger charge is -2.41. The number of aryl methyl sites for hydroxylation is 2. The fourth-order valence-electron chi connectivity index (χ4n) is 18.4. The van der Waals surface area contributed by atoms with Crippen molar-refractivity contribution in [1.29, 1.82) is 0 Å². The lowest BCUT2D eigenvalue weighted by atomic mass is 9.82. The molecule has 8 amide bonds. The van der Waals surface area contributed by atoms with Crippen LogP contribution in [0.25, 0.3) is 0 Å². The minimum Gasteiger partial charge on any atom is -0.444 e. The number of amides is 8. The monoisotopic (exact) mass is 1490 g/mol. The average Bonchev–Trinajstić information content (AvgIpc) is 1.58. The van der Waals surface area contributed by atoms with Gasteiger partial charge >= 0.3 is 12.2 Å². The number of sulfonamides is 2. The van der Waals surface area contributed by atoms with Gasteiger partial charge < -0.3 is 35.2 Å². The molecule has 5 N–H and O–H groups in total. The van der Waals surface area contributed by atoms with E-state index in [0.717, 1.165) is 152 Å². The lowest BCUT2D eigenvalue weighted by molar-refractivity contribution is -0.146. The molecule has 12 atom stereocenters. The van der Waals surface area contributed by atoms with Crippen LogP contribution in [0, 0.1) is 23.7 Å². The molecule has 2 unspecified atom stereocenters. The standard InChI is InChI=1S/C40H57N5O7S.C39H55N5O7S/c1-4-30-22-40(30,38(48)42-53(50,51)32-19-20-32)41-36(46)34-21-31-24-45(34)37(47)35(28-15-10-7-11-16-28)43(3)26(2)13-8-5-6-9-14-27-17-12-18-29-23-44(25-33(27)29)39(49)52-31;1-3-29-21-39(29,37(47)42-52(49,50)31-18-19-31)41-35(45)33-20-30-23-44(33)36(46)34(27-14-9-6-10-15-27)40-25(2)12-7-4-5-8-13-26-16-11-17-28-22-43(24-32(26)28)38(48)51-30/h4,12,17-18,26,28,30-32,34-35H,1,5-11,13-16,19-25H2,2-3H3,(H,41,46)(H,42,48);3,11,16-17,25,27,29-31,33-34,40H,1,4-10,12-15,18-24H2,2H3,(H,41,45)(H,42,47)/t26?,30-,31-,34+,35+,40-;25?,29-,30-,33+,34+,39-/m11/s1. The predicted molar refractivity (Wildman–Crippen MR) is 395 cm³/mol. The third kappa shape index (κ3) is 17.0. The second-order valence-electron chi connectivity index (χ2n) is 32.9. The maximum Gasteiger partial charge on any atom is 0.410 e. The molecule has 8 bridgehead atoms. The van der Waals surface area contributed by atoms with Crippen molar-refractivity contribution < 1.29 is 64.7 Å². The van der Waals surface area contributed by atoms with E-state index in [0.29, 0.717) is 51.9 Å². The fraction of sp³-hybridized carbons (Fsp3) is 0.696. The van der Waals surface area contributed by atoms with E-state index in [1.807, 2.05) is 7.05 Å². The smallest absolute Gasteiger partial charge is 0.410 e. The summed E-state index contributed by atoms with van der Waals surface area (Å²) in [5.74, 6) is -3.73. The van der Waals surface area contributed by atoms with Gasteiger partial charge in [0, 0.05) is 62.9 Å². The van der Waals surface area contributed by atoms with E-state index < -0.39 is 126 Å². The number of rotatable bonds is 14. The van der Waals surface area contributed by atoms with Crippen molar-refractivity contribution in [3.63, 3.8) is 0 Å². The maximum absolute atomic E-state index is 15.0. The van der Waals surface area contributed by atoms with Crippen molar-refractivity contribution in [3.05, 3.63) is 95.1 Å². The molecule has 6 aliphatic carbocycles. The highest BCUT2D eigenvalue weighted by atomic mass is 32.2. The molecule has 2 aromatic carbocycles.